The molecule has 2 aliphatic rings. The zero-order valence-electron chi connectivity index (χ0n) is 33.5. The van der Waals surface area contributed by atoms with E-state index in [0.717, 1.165) is 63.7 Å². The number of nitrogens with zero attached hydrogens (tertiary/aromatic N) is 6. The molecule has 2 aliphatic heterocycles. The number of piperazine rings is 2. The number of para-hydroxylation sites is 2. The molecular weight excluding hydrogens is 912 g/mol. The lowest BCUT2D eigenvalue weighted by Crippen LogP contribution is -2.51. The molecule has 6 heterocycles. The van der Waals surface area contributed by atoms with E-state index in [1.165, 1.54) is 0 Å². The maximum atomic E-state index is 14.1. The number of pyridine rings is 2. The zero-order chi connectivity index (χ0) is 42.5. The van der Waals surface area contributed by atoms with Crippen molar-refractivity contribution in [2.24, 2.45) is 0 Å². The monoisotopic (exact) mass is 950 g/mol. The second kappa shape index (κ2) is 16.5. The standard InChI is InChI=1S/C48H40Br2N8O4/c49-29-9-11-39-33(23-29)37(27-51-39)43-25-35(31-5-1-3-7-41(31)53-43)47(61)57-19-15-55(16-20-57)45(59)13-14-46(60)56-17-21-58(22-18-56)48(62)36-26-44(54-42-8-4-2-6-32(36)42)38-28-52-40-12-10-30(50)24-34(38)40/h1-12,23-28,51-52H,13-22H2. The first-order valence-corrected chi connectivity index (χ1v) is 22.2. The Morgan fingerprint density at radius 1 is 0.484 bits per heavy atom. The van der Waals surface area contributed by atoms with Crippen LogP contribution in [0, 0.1) is 0 Å². The molecule has 0 saturated carbocycles. The average Bonchev–Trinajstić information content (AvgIpc) is 3.93. The maximum absolute atomic E-state index is 14.1. The molecule has 2 fully saturated rings. The summed E-state index contributed by atoms with van der Waals surface area (Å²) in [6.07, 6.45) is 4.01. The first-order chi connectivity index (χ1) is 30.2. The van der Waals surface area contributed by atoms with Crippen LogP contribution >= 0.6 is 31.9 Å². The molecule has 62 heavy (non-hydrogen) atoms. The summed E-state index contributed by atoms with van der Waals surface area (Å²) in [7, 11) is 0. The van der Waals surface area contributed by atoms with E-state index < -0.39 is 0 Å². The number of aromatic nitrogens is 4. The molecule has 14 heteroatoms. The lowest BCUT2D eigenvalue weighted by molar-refractivity contribution is -0.138. The third-order valence-corrected chi connectivity index (χ3v) is 13.1. The summed E-state index contributed by atoms with van der Waals surface area (Å²) in [6, 6.07) is 31.1. The molecule has 0 aliphatic carbocycles. The minimum Gasteiger partial charge on any atom is -0.360 e. The molecular formula is C48H40Br2N8O4. The Labute approximate surface area is 373 Å². The Morgan fingerprint density at radius 2 is 0.871 bits per heavy atom. The van der Waals surface area contributed by atoms with Crippen molar-refractivity contribution < 1.29 is 19.2 Å². The van der Waals surface area contributed by atoms with E-state index >= 15 is 0 Å². The van der Waals surface area contributed by atoms with Gasteiger partial charge >= 0.3 is 0 Å². The Hall–Kier alpha value is -6.38. The first-order valence-electron chi connectivity index (χ1n) is 20.7. The first kappa shape index (κ1) is 39.7. The molecule has 0 radical (unpaired) electrons. The van der Waals surface area contributed by atoms with Gasteiger partial charge in [0.1, 0.15) is 0 Å². The number of fused-ring (bicyclic) bond motifs is 4. The van der Waals surface area contributed by atoms with Crippen LogP contribution in [0.5, 0.6) is 0 Å². The summed E-state index contributed by atoms with van der Waals surface area (Å²) in [6.45, 7) is 3.07. The molecule has 4 aromatic heterocycles. The van der Waals surface area contributed by atoms with Crippen LogP contribution in [0.3, 0.4) is 0 Å². The number of halogens is 2. The van der Waals surface area contributed by atoms with Gasteiger partial charge in [0.05, 0.1) is 33.5 Å². The van der Waals surface area contributed by atoms with Crippen LogP contribution in [0.15, 0.2) is 118 Å². The molecule has 0 bridgehead atoms. The van der Waals surface area contributed by atoms with Gasteiger partial charge in [-0.25, -0.2) is 9.97 Å². The molecule has 4 aromatic carbocycles. The molecule has 12 nitrogen and oxygen atoms in total. The van der Waals surface area contributed by atoms with Gasteiger partial charge < -0.3 is 29.6 Å². The van der Waals surface area contributed by atoms with Crippen molar-refractivity contribution in [1.29, 1.82) is 0 Å². The Bertz CT molecular complexity index is 2880. The molecule has 8 aromatic rings. The number of rotatable bonds is 7. The molecule has 310 valence electrons. The van der Waals surface area contributed by atoms with Crippen molar-refractivity contribution in [3.8, 4) is 22.5 Å². The number of aromatic amines is 2. The van der Waals surface area contributed by atoms with Gasteiger partial charge in [0, 0.05) is 130 Å². The Kier molecular flexibility index (Phi) is 10.6. The highest BCUT2D eigenvalue weighted by Crippen LogP contribution is 2.34. The van der Waals surface area contributed by atoms with Crippen LogP contribution < -0.4 is 0 Å². The van der Waals surface area contributed by atoms with Crippen LogP contribution in [0.1, 0.15) is 33.6 Å². The number of benzene rings is 4. The molecule has 0 spiro atoms. The van der Waals surface area contributed by atoms with E-state index in [-0.39, 0.29) is 36.5 Å². The molecule has 2 N–H and O–H groups in total. The third-order valence-electron chi connectivity index (χ3n) is 12.1. The zero-order valence-corrected chi connectivity index (χ0v) is 36.7. The fraction of sp³-hybridized carbons (Fsp3) is 0.208. The van der Waals surface area contributed by atoms with E-state index in [1.807, 2.05) is 109 Å². The minimum atomic E-state index is -0.107. The largest absolute Gasteiger partial charge is 0.360 e. The Balaban J connectivity index is 0.752. The van der Waals surface area contributed by atoms with Crippen molar-refractivity contribution in [2.45, 2.75) is 12.8 Å². The average molecular weight is 953 g/mol. The van der Waals surface area contributed by atoms with Crippen LogP contribution in [0.2, 0.25) is 0 Å². The topological polar surface area (TPSA) is 139 Å². The van der Waals surface area contributed by atoms with Crippen molar-refractivity contribution in [2.75, 3.05) is 52.4 Å². The number of hydrogen-bond acceptors (Lipinski definition) is 6. The van der Waals surface area contributed by atoms with Crippen LogP contribution in [0.25, 0.3) is 66.1 Å². The van der Waals surface area contributed by atoms with Gasteiger partial charge in [-0.15, -0.1) is 0 Å². The quantitative estimate of drug-likeness (QED) is 0.164. The highest BCUT2D eigenvalue weighted by Gasteiger charge is 2.30. The lowest BCUT2D eigenvalue weighted by Gasteiger charge is -2.36. The fourth-order valence-electron chi connectivity index (χ4n) is 8.78. The third kappa shape index (κ3) is 7.51. The Morgan fingerprint density at radius 3 is 1.29 bits per heavy atom. The summed E-state index contributed by atoms with van der Waals surface area (Å²) in [4.78, 5) is 78.7. The van der Waals surface area contributed by atoms with Crippen molar-refractivity contribution >= 4 is 99.1 Å². The molecule has 4 amide bonds. The second-order valence-electron chi connectivity index (χ2n) is 15.8. The number of nitrogens with one attached hydrogen (secondary N) is 2. The summed E-state index contributed by atoms with van der Waals surface area (Å²) >= 11 is 7.15. The van der Waals surface area contributed by atoms with Gasteiger partial charge in [0.25, 0.3) is 11.8 Å². The maximum Gasteiger partial charge on any atom is 0.254 e. The SMILES string of the molecule is O=C(CCC(=O)N1CCN(C(=O)c2cc(-c3c[nH]c4ccc(Br)cc34)nc3ccccc23)CC1)N1CCN(C(=O)c2cc(-c3c[nH]c4ccc(Br)cc34)nc3ccccc23)CC1. The normalized spacial score (nSPS) is 14.7. The van der Waals surface area contributed by atoms with Gasteiger partial charge in [-0.3, -0.25) is 19.2 Å². The smallest absolute Gasteiger partial charge is 0.254 e. The summed E-state index contributed by atoms with van der Waals surface area (Å²) in [5.74, 6) is -0.425. The molecule has 0 atom stereocenters. The van der Waals surface area contributed by atoms with Crippen LogP contribution in [-0.4, -0.2) is 116 Å². The van der Waals surface area contributed by atoms with Crippen LogP contribution in [-0.2, 0) is 9.59 Å². The summed E-state index contributed by atoms with van der Waals surface area (Å²) in [5.41, 5.74) is 7.78. The van der Waals surface area contributed by atoms with E-state index in [1.54, 1.807) is 19.6 Å². The predicted octanol–water partition coefficient (Wildman–Crippen LogP) is 8.65. The van der Waals surface area contributed by atoms with Gasteiger partial charge in [0.2, 0.25) is 11.8 Å². The molecule has 10 rings (SSSR count). The van der Waals surface area contributed by atoms with E-state index in [9.17, 15) is 19.2 Å². The number of H-pyrrole nitrogens is 2. The highest BCUT2D eigenvalue weighted by atomic mass is 79.9. The van der Waals surface area contributed by atoms with Crippen molar-refractivity contribution in [1.82, 2.24) is 39.5 Å². The van der Waals surface area contributed by atoms with E-state index in [0.29, 0.717) is 74.9 Å². The molecule has 2 saturated heterocycles. The van der Waals surface area contributed by atoms with E-state index in [4.69, 9.17) is 9.97 Å². The van der Waals surface area contributed by atoms with Gasteiger partial charge in [-0.05, 0) is 60.7 Å². The van der Waals surface area contributed by atoms with Crippen molar-refractivity contribution in [3.63, 3.8) is 0 Å². The number of carbonyl (C=O) groups is 4. The van der Waals surface area contributed by atoms with E-state index in [2.05, 4.69) is 41.8 Å². The second-order valence-corrected chi connectivity index (χ2v) is 17.6. The minimum absolute atomic E-state index is 0.0845. The number of carbonyl (C=O) groups excluding carboxylic acids is 4. The van der Waals surface area contributed by atoms with Gasteiger partial charge in [-0.1, -0.05) is 68.3 Å². The van der Waals surface area contributed by atoms with Gasteiger partial charge in [0.15, 0.2) is 0 Å². The number of amides is 4. The van der Waals surface area contributed by atoms with Crippen molar-refractivity contribution in [3.05, 3.63) is 130 Å². The highest BCUT2D eigenvalue weighted by molar-refractivity contribution is 9.10. The summed E-state index contributed by atoms with van der Waals surface area (Å²) in [5, 5.41) is 3.56. The number of hydrogen-bond donors (Lipinski definition) is 2. The van der Waals surface area contributed by atoms with Gasteiger partial charge in [-0.2, -0.15) is 0 Å². The summed E-state index contributed by atoms with van der Waals surface area (Å²) < 4.78 is 1.90. The fourth-order valence-corrected chi connectivity index (χ4v) is 9.50. The lowest BCUT2D eigenvalue weighted by atomic mass is 10.0. The van der Waals surface area contributed by atoms with Crippen LogP contribution in [0.4, 0.5) is 0 Å². The molecule has 0 unspecified atom stereocenters. The predicted molar refractivity (Wildman–Crippen MR) is 248 cm³/mol.